The topological polar surface area (TPSA) is 61.5 Å². The fourth-order valence-electron chi connectivity index (χ4n) is 0.963. The van der Waals surface area contributed by atoms with Crippen LogP contribution in [0.1, 0.15) is 5.56 Å². The monoisotopic (exact) mass is 231 g/mol. The molecule has 0 bridgehead atoms. The van der Waals surface area contributed by atoms with Crippen LogP contribution < -0.4 is 10.5 Å². The van der Waals surface area contributed by atoms with Crippen molar-refractivity contribution in [3.63, 3.8) is 0 Å². The van der Waals surface area contributed by atoms with E-state index in [2.05, 4.69) is 4.74 Å². The lowest BCUT2D eigenvalue weighted by Crippen LogP contribution is -2.12. The second-order valence-electron chi connectivity index (χ2n) is 2.72. The third-order valence-electron chi connectivity index (χ3n) is 1.72. The molecule has 0 amide bonds. The number of halogens is 1. The maximum Gasteiger partial charge on any atom is 0.343 e. The van der Waals surface area contributed by atoms with Crippen LogP contribution in [0.5, 0.6) is 5.75 Å². The van der Waals surface area contributed by atoms with Gasteiger partial charge < -0.3 is 15.2 Å². The van der Waals surface area contributed by atoms with E-state index in [0.29, 0.717) is 12.3 Å². The summed E-state index contributed by atoms with van der Waals surface area (Å²) in [5.41, 5.74) is 6.42. The van der Waals surface area contributed by atoms with Crippen LogP contribution in [0.15, 0.2) is 24.3 Å². The van der Waals surface area contributed by atoms with Gasteiger partial charge in [-0.05, 0) is 17.7 Å². The van der Waals surface area contributed by atoms with E-state index < -0.39 is 5.97 Å². The Balaban J connectivity index is 0.00000196. The van der Waals surface area contributed by atoms with Crippen LogP contribution in [0, 0.1) is 0 Å². The number of carbonyl (C=O) groups is 1. The molecule has 0 aliphatic carbocycles. The van der Waals surface area contributed by atoms with E-state index in [1.807, 2.05) is 12.1 Å². The number of benzene rings is 1. The Morgan fingerprint density at radius 1 is 1.47 bits per heavy atom. The molecule has 15 heavy (non-hydrogen) atoms. The quantitative estimate of drug-likeness (QED) is 0.789. The van der Waals surface area contributed by atoms with E-state index in [1.54, 1.807) is 12.1 Å². The van der Waals surface area contributed by atoms with Gasteiger partial charge in [0, 0.05) is 6.54 Å². The zero-order chi connectivity index (χ0) is 10.4. The number of ether oxygens (including phenoxy) is 2. The van der Waals surface area contributed by atoms with Crippen LogP contribution in [0.2, 0.25) is 0 Å². The average Bonchev–Trinajstić information content (AvgIpc) is 2.26. The smallest absolute Gasteiger partial charge is 0.343 e. The Kier molecular flexibility index (Phi) is 6.49. The molecule has 5 heteroatoms. The van der Waals surface area contributed by atoms with Crippen LogP contribution in [0.4, 0.5) is 0 Å². The first-order chi connectivity index (χ1) is 6.76. The molecule has 0 spiro atoms. The highest BCUT2D eigenvalue weighted by molar-refractivity contribution is 5.85. The van der Waals surface area contributed by atoms with Crippen molar-refractivity contribution in [2.75, 3.05) is 13.7 Å². The number of carbonyl (C=O) groups excluding carboxylic acids is 1. The minimum atomic E-state index is -0.400. The fourth-order valence-corrected chi connectivity index (χ4v) is 0.963. The van der Waals surface area contributed by atoms with Crippen LogP contribution in [-0.2, 0) is 16.1 Å². The molecule has 0 aliphatic rings. The summed E-state index contributed by atoms with van der Waals surface area (Å²) in [6.45, 7) is 0.375. The van der Waals surface area contributed by atoms with Gasteiger partial charge in [-0.15, -0.1) is 12.4 Å². The first-order valence-electron chi connectivity index (χ1n) is 4.25. The molecule has 4 nitrogen and oxygen atoms in total. The van der Waals surface area contributed by atoms with Gasteiger partial charge in [0.15, 0.2) is 6.61 Å². The van der Waals surface area contributed by atoms with Gasteiger partial charge in [0.25, 0.3) is 0 Å². The zero-order valence-corrected chi connectivity index (χ0v) is 9.25. The van der Waals surface area contributed by atoms with E-state index in [0.717, 1.165) is 5.56 Å². The van der Waals surface area contributed by atoms with Crippen LogP contribution >= 0.6 is 12.4 Å². The number of nitrogens with two attached hydrogens (primary N) is 1. The molecule has 1 aromatic rings. The molecule has 0 fully saturated rings. The summed E-state index contributed by atoms with van der Waals surface area (Å²) in [5, 5.41) is 0. The van der Waals surface area contributed by atoms with Crippen LogP contribution in [0.25, 0.3) is 0 Å². The maximum absolute atomic E-state index is 10.8. The summed E-state index contributed by atoms with van der Waals surface area (Å²) in [4.78, 5) is 10.8. The Morgan fingerprint density at radius 2 is 2.20 bits per heavy atom. The molecule has 0 heterocycles. The van der Waals surface area contributed by atoms with Gasteiger partial charge in [-0.3, -0.25) is 0 Å². The maximum atomic E-state index is 10.8. The van der Waals surface area contributed by atoms with Gasteiger partial charge in [-0.25, -0.2) is 4.79 Å². The predicted octanol–water partition coefficient (Wildman–Crippen LogP) is 1.12. The molecule has 0 radical (unpaired) electrons. The van der Waals surface area contributed by atoms with E-state index >= 15 is 0 Å². The number of methoxy groups -OCH3 is 1. The molecular weight excluding hydrogens is 218 g/mol. The Morgan fingerprint density at radius 3 is 2.80 bits per heavy atom. The third-order valence-corrected chi connectivity index (χ3v) is 1.72. The number of hydrogen-bond donors (Lipinski definition) is 1. The summed E-state index contributed by atoms with van der Waals surface area (Å²) in [5.74, 6) is 0.224. The first kappa shape index (κ1) is 13.7. The minimum Gasteiger partial charge on any atom is -0.482 e. The van der Waals surface area contributed by atoms with Gasteiger partial charge in [0.2, 0.25) is 0 Å². The van der Waals surface area contributed by atoms with Gasteiger partial charge in [0.1, 0.15) is 5.75 Å². The van der Waals surface area contributed by atoms with Crippen LogP contribution in [-0.4, -0.2) is 19.7 Å². The highest BCUT2D eigenvalue weighted by atomic mass is 35.5. The summed E-state index contributed by atoms with van der Waals surface area (Å²) >= 11 is 0. The van der Waals surface area contributed by atoms with Crippen molar-refractivity contribution in [2.45, 2.75) is 6.54 Å². The Bertz CT molecular complexity index is 317. The lowest BCUT2D eigenvalue weighted by Gasteiger charge is -2.05. The molecule has 0 aromatic heterocycles. The van der Waals surface area contributed by atoms with E-state index in [1.165, 1.54) is 7.11 Å². The van der Waals surface area contributed by atoms with E-state index in [4.69, 9.17) is 10.5 Å². The SMILES string of the molecule is COC(=O)COc1cccc(CN)c1.Cl. The van der Waals surface area contributed by atoms with Crippen molar-refractivity contribution in [3.05, 3.63) is 29.8 Å². The normalized spacial score (nSPS) is 8.93. The number of rotatable bonds is 4. The van der Waals surface area contributed by atoms with Crippen molar-refractivity contribution < 1.29 is 14.3 Å². The predicted molar refractivity (Wildman–Crippen MR) is 59.1 cm³/mol. The van der Waals surface area contributed by atoms with Gasteiger partial charge in [0.05, 0.1) is 7.11 Å². The standard InChI is InChI=1S/C10H13NO3.ClH/c1-13-10(12)7-14-9-4-2-3-8(5-9)6-11;/h2-5H,6-7,11H2,1H3;1H. The number of esters is 1. The third kappa shape index (κ3) is 4.67. The molecule has 0 unspecified atom stereocenters. The summed E-state index contributed by atoms with van der Waals surface area (Å²) in [7, 11) is 1.32. The van der Waals surface area contributed by atoms with Gasteiger partial charge >= 0.3 is 5.97 Å². The van der Waals surface area contributed by atoms with E-state index in [-0.39, 0.29) is 19.0 Å². The van der Waals surface area contributed by atoms with Crippen molar-refractivity contribution in [1.82, 2.24) is 0 Å². The lowest BCUT2D eigenvalue weighted by molar-refractivity contribution is -0.142. The largest absolute Gasteiger partial charge is 0.482 e. The second kappa shape index (κ2) is 7.09. The van der Waals surface area contributed by atoms with Crippen molar-refractivity contribution in [1.29, 1.82) is 0 Å². The summed E-state index contributed by atoms with van der Waals surface area (Å²) in [6.07, 6.45) is 0. The molecule has 1 aromatic carbocycles. The van der Waals surface area contributed by atoms with Gasteiger partial charge in [-0.2, -0.15) is 0 Å². The molecule has 2 N–H and O–H groups in total. The Labute approximate surface area is 94.8 Å². The van der Waals surface area contributed by atoms with Gasteiger partial charge in [-0.1, -0.05) is 12.1 Å². The van der Waals surface area contributed by atoms with Crippen molar-refractivity contribution in [3.8, 4) is 5.75 Å². The summed E-state index contributed by atoms with van der Waals surface area (Å²) in [6, 6.07) is 7.28. The highest BCUT2D eigenvalue weighted by Crippen LogP contribution is 2.12. The summed E-state index contributed by atoms with van der Waals surface area (Å²) < 4.78 is 9.61. The Hall–Kier alpha value is -1.26. The van der Waals surface area contributed by atoms with Crippen molar-refractivity contribution >= 4 is 18.4 Å². The molecule has 0 atom stereocenters. The van der Waals surface area contributed by atoms with Crippen LogP contribution in [0.3, 0.4) is 0 Å². The molecule has 0 aliphatic heterocycles. The second-order valence-corrected chi connectivity index (χ2v) is 2.72. The zero-order valence-electron chi connectivity index (χ0n) is 8.43. The average molecular weight is 232 g/mol. The van der Waals surface area contributed by atoms with Crippen molar-refractivity contribution in [2.24, 2.45) is 5.73 Å². The molecule has 0 saturated carbocycles. The molecule has 0 saturated heterocycles. The number of hydrogen-bond acceptors (Lipinski definition) is 4. The highest BCUT2D eigenvalue weighted by Gasteiger charge is 2.01. The van der Waals surface area contributed by atoms with E-state index in [9.17, 15) is 4.79 Å². The first-order valence-corrected chi connectivity index (χ1v) is 4.25. The molecule has 84 valence electrons. The lowest BCUT2D eigenvalue weighted by atomic mass is 10.2. The minimum absolute atomic E-state index is 0. The molecular formula is C10H14ClNO3. The molecule has 1 rings (SSSR count). The fraction of sp³-hybridized carbons (Fsp3) is 0.300.